The third-order valence-corrected chi connectivity index (χ3v) is 7.05. The van der Waals surface area contributed by atoms with Gasteiger partial charge in [0.2, 0.25) is 5.88 Å². The number of aryl methyl sites for hydroxylation is 1. The van der Waals surface area contributed by atoms with Crippen LogP contribution in [0.1, 0.15) is 21.9 Å². The van der Waals surface area contributed by atoms with E-state index in [-0.39, 0.29) is 12.5 Å². The Morgan fingerprint density at radius 3 is 2.33 bits per heavy atom. The SMILES string of the molecule is C=CC(c1ccc(C)cc1)S(=O)(=O)n1cc(-c2ccc(F)cc2)c(OCc2ccccc2)n1. The number of benzene rings is 3. The number of aromatic nitrogens is 2. The predicted molar refractivity (Wildman–Crippen MR) is 127 cm³/mol. The lowest BCUT2D eigenvalue weighted by molar-refractivity contribution is 0.293. The molecule has 0 N–H and O–H groups in total. The molecular formula is C26H23FN2O3S. The van der Waals surface area contributed by atoms with Crippen molar-refractivity contribution in [3.05, 3.63) is 120 Å². The van der Waals surface area contributed by atoms with Gasteiger partial charge in [0.1, 0.15) is 17.7 Å². The molecule has 4 rings (SSSR count). The summed E-state index contributed by atoms with van der Waals surface area (Å²) in [7, 11) is -3.98. The van der Waals surface area contributed by atoms with E-state index in [4.69, 9.17) is 4.74 Å². The van der Waals surface area contributed by atoms with Gasteiger partial charge in [-0.2, -0.15) is 4.09 Å². The predicted octanol–water partition coefficient (Wildman–Crippen LogP) is 5.68. The number of hydrogen-bond donors (Lipinski definition) is 0. The molecular weight excluding hydrogens is 439 g/mol. The third-order valence-electron chi connectivity index (χ3n) is 5.23. The molecule has 4 aromatic rings. The van der Waals surface area contributed by atoms with Gasteiger partial charge in [0.05, 0.1) is 11.8 Å². The minimum Gasteiger partial charge on any atom is -0.471 e. The van der Waals surface area contributed by atoms with E-state index in [0.29, 0.717) is 16.7 Å². The fourth-order valence-corrected chi connectivity index (χ4v) is 4.85. The Morgan fingerprint density at radius 2 is 1.70 bits per heavy atom. The van der Waals surface area contributed by atoms with Crippen LogP contribution in [0.2, 0.25) is 0 Å². The molecule has 0 saturated heterocycles. The van der Waals surface area contributed by atoms with E-state index < -0.39 is 21.1 Å². The maximum atomic E-state index is 13.5. The molecule has 0 saturated carbocycles. The average molecular weight is 463 g/mol. The maximum absolute atomic E-state index is 13.5. The highest BCUT2D eigenvalue weighted by Gasteiger charge is 2.29. The van der Waals surface area contributed by atoms with Crippen LogP contribution < -0.4 is 4.74 Å². The van der Waals surface area contributed by atoms with Crippen LogP contribution in [-0.4, -0.2) is 17.6 Å². The zero-order valence-electron chi connectivity index (χ0n) is 18.1. The Bertz CT molecular complexity index is 1350. The lowest BCUT2D eigenvalue weighted by atomic mass is 10.1. The first-order chi connectivity index (χ1) is 15.9. The Kier molecular flexibility index (Phi) is 6.42. The van der Waals surface area contributed by atoms with Crippen molar-refractivity contribution in [1.82, 2.24) is 9.19 Å². The van der Waals surface area contributed by atoms with Gasteiger partial charge in [0, 0.05) is 0 Å². The first kappa shape index (κ1) is 22.5. The normalized spacial score (nSPS) is 12.3. The summed E-state index contributed by atoms with van der Waals surface area (Å²) in [6, 6.07) is 22.4. The molecule has 0 amide bonds. The standard InChI is InChI=1S/C26H23FN2O3S/c1-3-25(22-11-9-19(2)10-12-22)33(30,31)29-17-24(21-13-15-23(27)16-14-21)26(28-29)32-18-20-7-5-4-6-8-20/h3-17,25H,1,18H2,2H3. The highest BCUT2D eigenvalue weighted by atomic mass is 32.2. The zero-order valence-corrected chi connectivity index (χ0v) is 18.9. The second kappa shape index (κ2) is 9.42. The van der Waals surface area contributed by atoms with Crippen LogP contribution in [0.4, 0.5) is 4.39 Å². The van der Waals surface area contributed by atoms with Gasteiger partial charge in [-0.3, -0.25) is 0 Å². The molecule has 168 valence electrons. The van der Waals surface area contributed by atoms with E-state index in [1.165, 1.54) is 24.4 Å². The van der Waals surface area contributed by atoms with E-state index in [1.807, 2.05) is 49.4 Å². The molecule has 5 nitrogen and oxygen atoms in total. The summed E-state index contributed by atoms with van der Waals surface area (Å²) in [6.45, 7) is 5.87. The van der Waals surface area contributed by atoms with Gasteiger partial charge in [-0.1, -0.05) is 78.4 Å². The van der Waals surface area contributed by atoms with Crippen molar-refractivity contribution >= 4 is 10.0 Å². The van der Waals surface area contributed by atoms with Gasteiger partial charge in [0.25, 0.3) is 10.0 Å². The van der Waals surface area contributed by atoms with Crippen molar-refractivity contribution < 1.29 is 17.5 Å². The molecule has 33 heavy (non-hydrogen) atoms. The van der Waals surface area contributed by atoms with Crippen LogP contribution >= 0.6 is 0 Å². The van der Waals surface area contributed by atoms with Gasteiger partial charge in [0.15, 0.2) is 0 Å². The smallest absolute Gasteiger partial charge is 0.264 e. The maximum Gasteiger partial charge on any atom is 0.264 e. The molecule has 0 fully saturated rings. The first-order valence-corrected chi connectivity index (χ1v) is 11.8. The Morgan fingerprint density at radius 1 is 1.03 bits per heavy atom. The summed E-state index contributed by atoms with van der Waals surface area (Å²) in [5, 5.41) is 3.27. The van der Waals surface area contributed by atoms with Gasteiger partial charge >= 0.3 is 0 Å². The van der Waals surface area contributed by atoms with E-state index in [2.05, 4.69) is 11.7 Å². The highest BCUT2D eigenvalue weighted by molar-refractivity contribution is 7.90. The van der Waals surface area contributed by atoms with Crippen molar-refractivity contribution in [1.29, 1.82) is 0 Å². The molecule has 3 aromatic carbocycles. The zero-order chi connectivity index (χ0) is 23.4. The molecule has 1 heterocycles. The van der Waals surface area contributed by atoms with Gasteiger partial charge in [-0.15, -0.1) is 11.7 Å². The minimum atomic E-state index is -3.98. The lowest BCUT2D eigenvalue weighted by Crippen LogP contribution is -2.20. The Balaban J connectivity index is 1.75. The van der Waals surface area contributed by atoms with E-state index in [1.54, 1.807) is 24.3 Å². The Hall–Kier alpha value is -3.71. The van der Waals surface area contributed by atoms with Crippen molar-refractivity contribution in [2.75, 3.05) is 0 Å². The number of halogens is 1. The van der Waals surface area contributed by atoms with Crippen LogP contribution in [0.15, 0.2) is 97.7 Å². The highest BCUT2D eigenvalue weighted by Crippen LogP contribution is 2.33. The van der Waals surface area contributed by atoms with Crippen molar-refractivity contribution in [2.24, 2.45) is 0 Å². The molecule has 1 unspecified atom stereocenters. The quantitative estimate of drug-likeness (QED) is 0.316. The van der Waals surface area contributed by atoms with Crippen LogP contribution in [0.3, 0.4) is 0 Å². The molecule has 1 atom stereocenters. The second-order valence-electron chi connectivity index (χ2n) is 7.61. The third kappa shape index (κ3) is 4.88. The summed E-state index contributed by atoms with van der Waals surface area (Å²) in [4.78, 5) is 0. The van der Waals surface area contributed by atoms with Gasteiger partial charge in [-0.05, 0) is 35.7 Å². The summed E-state index contributed by atoms with van der Waals surface area (Å²) in [5.41, 5.74) is 3.55. The van der Waals surface area contributed by atoms with Crippen molar-refractivity contribution in [3.8, 4) is 17.0 Å². The van der Waals surface area contributed by atoms with Crippen LogP contribution in [0.5, 0.6) is 5.88 Å². The minimum absolute atomic E-state index is 0.140. The van der Waals surface area contributed by atoms with E-state index >= 15 is 0 Å². The molecule has 0 bridgehead atoms. The molecule has 0 spiro atoms. The average Bonchev–Trinajstić information content (AvgIpc) is 3.26. The van der Waals surface area contributed by atoms with Crippen molar-refractivity contribution in [2.45, 2.75) is 18.8 Å². The number of rotatable bonds is 8. The van der Waals surface area contributed by atoms with Crippen molar-refractivity contribution in [3.63, 3.8) is 0 Å². The Labute approximate surface area is 192 Å². The summed E-state index contributed by atoms with van der Waals surface area (Å²) >= 11 is 0. The summed E-state index contributed by atoms with van der Waals surface area (Å²) in [6.07, 6.45) is 2.78. The first-order valence-electron chi connectivity index (χ1n) is 10.3. The van der Waals surface area contributed by atoms with E-state index in [0.717, 1.165) is 15.2 Å². The monoisotopic (exact) mass is 462 g/mol. The summed E-state index contributed by atoms with van der Waals surface area (Å²) in [5.74, 6) is -0.252. The summed E-state index contributed by atoms with van der Waals surface area (Å²) < 4.78 is 47.3. The molecule has 7 heteroatoms. The number of hydrogen-bond acceptors (Lipinski definition) is 4. The van der Waals surface area contributed by atoms with Crippen LogP contribution in [-0.2, 0) is 16.6 Å². The number of nitrogens with zero attached hydrogens (tertiary/aromatic N) is 2. The molecule has 0 aliphatic heterocycles. The van der Waals surface area contributed by atoms with Crippen LogP contribution in [0.25, 0.3) is 11.1 Å². The lowest BCUT2D eigenvalue weighted by Gasteiger charge is -2.14. The molecule has 0 aliphatic rings. The largest absolute Gasteiger partial charge is 0.471 e. The fraction of sp³-hybridized carbons (Fsp3) is 0.115. The molecule has 0 radical (unpaired) electrons. The molecule has 0 aliphatic carbocycles. The number of ether oxygens (including phenoxy) is 1. The van der Waals surface area contributed by atoms with Crippen LogP contribution in [0, 0.1) is 12.7 Å². The topological polar surface area (TPSA) is 61.2 Å². The van der Waals surface area contributed by atoms with Gasteiger partial charge in [-0.25, -0.2) is 12.8 Å². The molecule has 1 aromatic heterocycles. The fourth-order valence-electron chi connectivity index (χ4n) is 3.43. The van der Waals surface area contributed by atoms with Gasteiger partial charge < -0.3 is 4.74 Å². The van der Waals surface area contributed by atoms with E-state index in [9.17, 15) is 12.8 Å². The second-order valence-corrected chi connectivity index (χ2v) is 9.53.